The number of rotatable bonds is 3. The molecule has 1 fully saturated rings. The molecule has 4 heteroatoms. The summed E-state index contributed by atoms with van der Waals surface area (Å²) in [5, 5.41) is 15.2. The summed E-state index contributed by atoms with van der Waals surface area (Å²) >= 11 is 6.29. The van der Waals surface area contributed by atoms with E-state index in [0.717, 1.165) is 48.6 Å². The largest absolute Gasteiger partial charge is 0.393 e. The molecule has 0 saturated heterocycles. The molecule has 2 atom stereocenters. The van der Waals surface area contributed by atoms with E-state index in [9.17, 15) is 5.11 Å². The van der Waals surface area contributed by atoms with Crippen molar-refractivity contribution in [1.82, 2.24) is 9.78 Å². The number of aromatic nitrogens is 2. The Morgan fingerprint density at radius 2 is 2.12 bits per heavy atom. The topological polar surface area (TPSA) is 38.0 Å². The molecule has 1 heterocycles. The molecule has 3 nitrogen and oxygen atoms in total. The Morgan fingerprint density at radius 3 is 2.76 bits per heavy atom. The van der Waals surface area contributed by atoms with Gasteiger partial charge in [0, 0.05) is 6.54 Å². The van der Waals surface area contributed by atoms with E-state index in [1.165, 1.54) is 6.42 Å². The maximum atomic E-state index is 10.0. The van der Waals surface area contributed by atoms with Gasteiger partial charge in [-0.25, -0.2) is 0 Å². The number of nitrogens with zero attached hydrogens (tertiary/aromatic N) is 2. The van der Waals surface area contributed by atoms with Crippen LogP contribution in [0, 0.1) is 12.8 Å². The summed E-state index contributed by atoms with van der Waals surface area (Å²) in [6, 6.07) is 0. The standard InChI is InChI=1S/C13H21ClN2O/c1-3-16-11(13(14)9(2)15-16)8-10-6-4-5-7-12(10)17/h10,12,17H,3-8H2,1-2H3. The van der Waals surface area contributed by atoms with Gasteiger partial charge in [-0.3, -0.25) is 4.68 Å². The third-order valence-electron chi connectivity index (χ3n) is 3.78. The zero-order valence-corrected chi connectivity index (χ0v) is 11.4. The lowest BCUT2D eigenvalue weighted by Crippen LogP contribution is -2.27. The predicted octanol–water partition coefficient (Wildman–Crippen LogP) is 2.96. The van der Waals surface area contributed by atoms with Crippen molar-refractivity contribution in [2.75, 3.05) is 0 Å². The third-order valence-corrected chi connectivity index (χ3v) is 4.27. The summed E-state index contributed by atoms with van der Waals surface area (Å²) in [4.78, 5) is 0. The first kappa shape index (κ1) is 12.9. The number of aliphatic hydroxyl groups is 1. The van der Waals surface area contributed by atoms with Crippen LogP contribution in [0.15, 0.2) is 0 Å². The number of aliphatic hydroxyl groups excluding tert-OH is 1. The monoisotopic (exact) mass is 256 g/mol. The summed E-state index contributed by atoms with van der Waals surface area (Å²) < 4.78 is 1.97. The minimum atomic E-state index is -0.166. The van der Waals surface area contributed by atoms with Crippen LogP contribution < -0.4 is 0 Å². The Kier molecular flexibility index (Phi) is 4.10. The first-order chi connectivity index (χ1) is 8.13. The van der Waals surface area contributed by atoms with Crippen molar-refractivity contribution in [3.05, 3.63) is 16.4 Å². The van der Waals surface area contributed by atoms with Crippen molar-refractivity contribution in [2.45, 2.75) is 58.6 Å². The van der Waals surface area contributed by atoms with Gasteiger partial charge in [0.1, 0.15) is 0 Å². The second-order valence-electron chi connectivity index (χ2n) is 4.98. The van der Waals surface area contributed by atoms with E-state index in [2.05, 4.69) is 12.0 Å². The van der Waals surface area contributed by atoms with Gasteiger partial charge >= 0.3 is 0 Å². The average molecular weight is 257 g/mol. The first-order valence-electron chi connectivity index (χ1n) is 6.53. The summed E-state index contributed by atoms with van der Waals surface area (Å²) in [5.41, 5.74) is 1.99. The van der Waals surface area contributed by atoms with E-state index >= 15 is 0 Å². The van der Waals surface area contributed by atoms with Crippen molar-refractivity contribution in [2.24, 2.45) is 5.92 Å². The molecule has 1 aliphatic carbocycles. The summed E-state index contributed by atoms with van der Waals surface area (Å²) in [5.74, 6) is 0.350. The average Bonchev–Trinajstić information content (AvgIpc) is 2.59. The fourth-order valence-electron chi connectivity index (χ4n) is 2.74. The minimum absolute atomic E-state index is 0.166. The van der Waals surface area contributed by atoms with E-state index in [4.69, 9.17) is 11.6 Å². The summed E-state index contributed by atoms with van der Waals surface area (Å²) in [7, 11) is 0. The highest BCUT2D eigenvalue weighted by Crippen LogP contribution is 2.30. The molecule has 2 unspecified atom stereocenters. The van der Waals surface area contributed by atoms with Crippen LogP contribution in [-0.4, -0.2) is 21.0 Å². The fourth-order valence-corrected chi connectivity index (χ4v) is 2.95. The van der Waals surface area contributed by atoms with Crippen LogP contribution in [0.2, 0.25) is 5.02 Å². The molecule has 17 heavy (non-hydrogen) atoms. The first-order valence-corrected chi connectivity index (χ1v) is 6.91. The van der Waals surface area contributed by atoms with Crippen molar-refractivity contribution in [1.29, 1.82) is 0 Å². The molecule has 0 aromatic carbocycles. The maximum absolute atomic E-state index is 10.0. The van der Waals surface area contributed by atoms with E-state index in [1.807, 2.05) is 11.6 Å². The normalized spacial score (nSPS) is 25.2. The Hall–Kier alpha value is -0.540. The van der Waals surface area contributed by atoms with Gasteiger partial charge in [0.2, 0.25) is 0 Å². The second-order valence-corrected chi connectivity index (χ2v) is 5.36. The number of halogens is 1. The highest BCUT2D eigenvalue weighted by atomic mass is 35.5. The molecule has 0 amide bonds. The van der Waals surface area contributed by atoms with Gasteiger partial charge in [0.25, 0.3) is 0 Å². The van der Waals surface area contributed by atoms with Crippen molar-refractivity contribution in [3.63, 3.8) is 0 Å². The quantitative estimate of drug-likeness (QED) is 0.903. The van der Waals surface area contributed by atoms with Crippen LogP contribution in [0.3, 0.4) is 0 Å². The van der Waals surface area contributed by atoms with Crippen LogP contribution in [0.5, 0.6) is 0 Å². The van der Waals surface area contributed by atoms with E-state index in [1.54, 1.807) is 0 Å². The highest BCUT2D eigenvalue weighted by molar-refractivity contribution is 6.31. The molecular weight excluding hydrogens is 236 g/mol. The molecule has 1 aromatic heterocycles. The molecule has 1 N–H and O–H groups in total. The lowest BCUT2D eigenvalue weighted by molar-refractivity contribution is 0.0690. The van der Waals surface area contributed by atoms with Gasteiger partial charge in [-0.1, -0.05) is 24.4 Å². The molecule has 0 spiro atoms. The zero-order valence-electron chi connectivity index (χ0n) is 10.6. The van der Waals surface area contributed by atoms with Crippen molar-refractivity contribution < 1.29 is 5.11 Å². The highest BCUT2D eigenvalue weighted by Gasteiger charge is 2.26. The number of hydrogen-bond acceptors (Lipinski definition) is 2. The van der Waals surface area contributed by atoms with Crippen LogP contribution >= 0.6 is 11.6 Å². The molecule has 0 radical (unpaired) electrons. The SMILES string of the molecule is CCn1nc(C)c(Cl)c1CC1CCCCC1O. The van der Waals surface area contributed by atoms with Crippen LogP contribution in [0.1, 0.15) is 44.0 Å². The molecular formula is C13H21ClN2O. The molecule has 1 saturated carbocycles. The maximum Gasteiger partial charge on any atom is 0.0847 e. The van der Waals surface area contributed by atoms with Crippen molar-refractivity contribution in [3.8, 4) is 0 Å². The fraction of sp³-hybridized carbons (Fsp3) is 0.769. The molecule has 96 valence electrons. The van der Waals surface area contributed by atoms with E-state index in [0.29, 0.717) is 5.92 Å². The third kappa shape index (κ3) is 2.66. The Bertz CT molecular complexity index is 389. The van der Waals surface area contributed by atoms with Crippen LogP contribution in [0.25, 0.3) is 0 Å². The van der Waals surface area contributed by atoms with Gasteiger partial charge < -0.3 is 5.11 Å². The Morgan fingerprint density at radius 1 is 1.41 bits per heavy atom. The summed E-state index contributed by atoms with van der Waals surface area (Å²) in [6.45, 7) is 4.85. The second kappa shape index (κ2) is 5.40. The smallest absolute Gasteiger partial charge is 0.0847 e. The number of aryl methyl sites for hydroxylation is 2. The van der Waals surface area contributed by atoms with E-state index < -0.39 is 0 Å². The lowest BCUT2D eigenvalue weighted by Gasteiger charge is -2.27. The van der Waals surface area contributed by atoms with Gasteiger partial charge in [-0.2, -0.15) is 5.10 Å². The Labute approximate surface area is 108 Å². The lowest BCUT2D eigenvalue weighted by atomic mass is 9.83. The molecule has 2 rings (SSSR count). The molecule has 1 aromatic rings. The van der Waals surface area contributed by atoms with E-state index in [-0.39, 0.29) is 6.10 Å². The predicted molar refractivity (Wildman–Crippen MR) is 69.3 cm³/mol. The van der Waals surface area contributed by atoms with Crippen LogP contribution in [0.4, 0.5) is 0 Å². The van der Waals surface area contributed by atoms with Gasteiger partial charge in [0.05, 0.1) is 22.5 Å². The van der Waals surface area contributed by atoms with Crippen LogP contribution in [-0.2, 0) is 13.0 Å². The molecule has 1 aliphatic rings. The minimum Gasteiger partial charge on any atom is -0.393 e. The summed E-state index contributed by atoms with van der Waals surface area (Å²) in [6.07, 6.45) is 5.10. The number of hydrogen-bond donors (Lipinski definition) is 1. The molecule has 0 aliphatic heterocycles. The zero-order chi connectivity index (χ0) is 12.4. The van der Waals surface area contributed by atoms with Gasteiger partial charge in [0.15, 0.2) is 0 Å². The molecule has 0 bridgehead atoms. The van der Waals surface area contributed by atoms with Crippen molar-refractivity contribution >= 4 is 11.6 Å². The Balaban J connectivity index is 2.16. The van der Waals surface area contributed by atoms with Gasteiger partial charge in [-0.15, -0.1) is 0 Å². The van der Waals surface area contributed by atoms with Gasteiger partial charge in [-0.05, 0) is 39.0 Å².